The van der Waals surface area contributed by atoms with E-state index in [9.17, 15) is 13.5 Å². The van der Waals surface area contributed by atoms with E-state index in [0.29, 0.717) is 6.42 Å². The zero-order valence-electron chi connectivity index (χ0n) is 8.87. The van der Waals surface area contributed by atoms with Crippen LogP contribution in [0.2, 0.25) is 0 Å². The second-order valence-corrected chi connectivity index (χ2v) is 5.59. The Morgan fingerprint density at radius 2 is 1.94 bits per heavy atom. The van der Waals surface area contributed by atoms with Gasteiger partial charge < -0.3 is 5.11 Å². The van der Waals surface area contributed by atoms with Crippen LogP contribution in [0.3, 0.4) is 0 Å². The van der Waals surface area contributed by atoms with Crippen LogP contribution >= 0.6 is 0 Å². The van der Waals surface area contributed by atoms with Gasteiger partial charge in [0.25, 0.3) is 10.0 Å². The number of aliphatic hydroxyl groups is 1. The van der Waals surface area contributed by atoms with E-state index in [0.717, 1.165) is 9.87 Å². The van der Waals surface area contributed by atoms with Crippen molar-refractivity contribution in [2.45, 2.75) is 24.5 Å². The first-order valence-electron chi connectivity index (χ1n) is 4.97. The highest BCUT2D eigenvalue weighted by Crippen LogP contribution is 2.23. The van der Waals surface area contributed by atoms with Gasteiger partial charge in [-0.1, -0.05) is 23.8 Å². The maximum Gasteiger partial charge on any atom is 0.265 e. The lowest BCUT2D eigenvalue weighted by molar-refractivity contribution is 0.105. The van der Waals surface area contributed by atoms with Crippen LogP contribution in [-0.2, 0) is 10.0 Å². The fourth-order valence-corrected chi connectivity index (χ4v) is 2.94. The van der Waals surface area contributed by atoms with Gasteiger partial charge in [0.1, 0.15) is 6.23 Å². The van der Waals surface area contributed by atoms with Gasteiger partial charge in [0.15, 0.2) is 0 Å². The molecule has 16 heavy (non-hydrogen) atoms. The minimum absolute atomic E-state index is 0.198. The van der Waals surface area contributed by atoms with E-state index in [1.54, 1.807) is 30.3 Å². The van der Waals surface area contributed by atoms with Gasteiger partial charge in [0, 0.05) is 12.6 Å². The number of aryl methyl sites for hydroxylation is 1. The van der Waals surface area contributed by atoms with Crippen LogP contribution in [0.1, 0.15) is 12.0 Å². The van der Waals surface area contributed by atoms with Gasteiger partial charge >= 0.3 is 0 Å². The summed E-state index contributed by atoms with van der Waals surface area (Å²) in [5, 5.41) is 9.52. The summed E-state index contributed by atoms with van der Waals surface area (Å²) < 4.78 is 25.1. The van der Waals surface area contributed by atoms with Crippen LogP contribution in [0.15, 0.2) is 41.4 Å². The predicted molar refractivity (Wildman–Crippen MR) is 60.0 cm³/mol. The highest BCUT2D eigenvalue weighted by atomic mass is 32.2. The number of sulfonamides is 1. The van der Waals surface area contributed by atoms with Gasteiger partial charge in [-0.05, 0) is 19.1 Å². The maximum absolute atomic E-state index is 12.1. The van der Waals surface area contributed by atoms with E-state index in [1.807, 2.05) is 6.92 Å². The molecule has 0 fully saturated rings. The molecule has 0 aromatic heterocycles. The SMILES string of the molecule is Cc1ccc(S(=O)(=O)N2C=CCC2O)cc1. The summed E-state index contributed by atoms with van der Waals surface area (Å²) in [6.07, 6.45) is 2.40. The number of hydrogen-bond acceptors (Lipinski definition) is 3. The van der Waals surface area contributed by atoms with Crippen molar-refractivity contribution in [2.75, 3.05) is 0 Å². The Kier molecular flexibility index (Phi) is 2.73. The molecule has 5 heteroatoms. The van der Waals surface area contributed by atoms with Crippen LogP contribution in [0.25, 0.3) is 0 Å². The monoisotopic (exact) mass is 239 g/mol. The molecule has 1 unspecified atom stereocenters. The molecule has 1 atom stereocenters. The Morgan fingerprint density at radius 1 is 1.31 bits per heavy atom. The molecule has 0 spiro atoms. The lowest BCUT2D eigenvalue weighted by atomic mass is 10.2. The molecule has 0 amide bonds. The minimum Gasteiger partial charge on any atom is -0.372 e. The molecule has 1 aromatic rings. The Morgan fingerprint density at radius 3 is 2.44 bits per heavy atom. The van der Waals surface area contributed by atoms with Crippen LogP contribution in [0, 0.1) is 6.92 Å². The topological polar surface area (TPSA) is 57.6 Å². The van der Waals surface area contributed by atoms with Crippen molar-refractivity contribution < 1.29 is 13.5 Å². The average molecular weight is 239 g/mol. The van der Waals surface area contributed by atoms with Crippen molar-refractivity contribution in [3.05, 3.63) is 42.1 Å². The average Bonchev–Trinajstić information content (AvgIpc) is 2.66. The fraction of sp³-hybridized carbons (Fsp3) is 0.273. The van der Waals surface area contributed by atoms with Crippen LogP contribution in [-0.4, -0.2) is 24.1 Å². The first-order chi connectivity index (χ1) is 7.51. The van der Waals surface area contributed by atoms with Crippen molar-refractivity contribution in [2.24, 2.45) is 0 Å². The third-order valence-electron chi connectivity index (χ3n) is 2.49. The fourth-order valence-electron chi connectivity index (χ4n) is 1.56. The smallest absolute Gasteiger partial charge is 0.265 e. The van der Waals surface area contributed by atoms with E-state index in [1.165, 1.54) is 6.20 Å². The van der Waals surface area contributed by atoms with Gasteiger partial charge in [0.05, 0.1) is 4.90 Å². The highest BCUT2D eigenvalue weighted by molar-refractivity contribution is 7.89. The first-order valence-corrected chi connectivity index (χ1v) is 6.41. The molecule has 0 saturated carbocycles. The molecular weight excluding hydrogens is 226 g/mol. The van der Waals surface area contributed by atoms with Crippen LogP contribution in [0.5, 0.6) is 0 Å². The van der Waals surface area contributed by atoms with Crippen molar-refractivity contribution in [3.8, 4) is 0 Å². The van der Waals surface area contributed by atoms with Gasteiger partial charge in [-0.3, -0.25) is 0 Å². The second kappa shape index (κ2) is 3.92. The Hall–Kier alpha value is -1.33. The quantitative estimate of drug-likeness (QED) is 0.844. The van der Waals surface area contributed by atoms with E-state index in [2.05, 4.69) is 0 Å². The highest BCUT2D eigenvalue weighted by Gasteiger charge is 2.29. The molecule has 86 valence electrons. The molecular formula is C11H13NO3S. The molecule has 1 N–H and O–H groups in total. The molecule has 0 saturated heterocycles. The molecule has 0 aliphatic carbocycles. The summed E-state index contributed by atoms with van der Waals surface area (Å²) in [6.45, 7) is 1.89. The van der Waals surface area contributed by atoms with E-state index in [-0.39, 0.29) is 4.90 Å². The van der Waals surface area contributed by atoms with E-state index < -0.39 is 16.3 Å². The number of benzene rings is 1. The van der Waals surface area contributed by atoms with Crippen LogP contribution < -0.4 is 0 Å². The predicted octanol–water partition coefficient (Wildman–Crippen LogP) is 1.22. The van der Waals surface area contributed by atoms with Gasteiger partial charge in [-0.2, -0.15) is 0 Å². The zero-order valence-corrected chi connectivity index (χ0v) is 9.68. The molecule has 0 radical (unpaired) electrons. The third-order valence-corrected chi connectivity index (χ3v) is 4.28. The Labute approximate surface area is 94.9 Å². The lowest BCUT2D eigenvalue weighted by Crippen LogP contribution is -2.32. The summed E-state index contributed by atoms with van der Waals surface area (Å²) >= 11 is 0. The Bertz CT molecular complexity index is 505. The number of nitrogens with zero attached hydrogens (tertiary/aromatic N) is 1. The summed E-state index contributed by atoms with van der Waals surface area (Å²) in [5.41, 5.74) is 0.997. The molecule has 0 bridgehead atoms. The standard InChI is InChI=1S/C11H13NO3S/c1-9-4-6-10(7-5-9)16(14,15)12-8-2-3-11(12)13/h2,4-8,11,13H,3H2,1H3. The maximum atomic E-state index is 12.1. The van der Waals surface area contributed by atoms with Gasteiger partial charge in [-0.15, -0.1) is 0 Å². The molecule has 4 nitrogen and oxygen atoms in total. The molecule has 1 aliphatic rings. The third kappa shape index (κ3) is 1.83. The number of aliphatic hydroxyl groups excluding tert-OH is 1. The van der Waals surface area contributed by atoms with Crippen molar-refractivity contribution >= 4 is 10.0 Å². The summed E-state index contributed by atoms with van der Waals surface area (Å²) in [6, 6.07) is 6.56. The number of hydrogen-bond donors (Lipinski definition) is 1. The summed E-state index contributed by atoms with van der Waals surface area (Å²) in [4.78, 5) is 0.198. The summed E-state index contributed by atoms with van der Waals surface area (Å²) in [7, 11) is -3.61. The summed E-state index contributed by atoms with van der Waals surface area (Å²) in [5.74, 6) is 0. The second-order valence-electron chi connectivity index (χ2n) is 3.75. The zero-order chi connectivity index (χ0) is 11.8. The lowest BCUT2D eigenvalue weighted by Gasteiger charge is -2.20. The van der Waals surface area contributed by atoms with Gasteiger partial charge in [0.2, 0.25) is 0 Å². The largest absolute Gasteiger partial charge is 0.372 e. The first kappa shape index (κ1) is 11.2. The van der Waals surface area contributed by atoms with Crippen molar-refractivity contribution in [1.82, 2.24) is 4.31 Å². The molecule has 1 heterocycles. The van der Waals surface area contributed by atoms with Crippen LogP contribution in [0.4, 0.5) is 0 Å². The molecule has 2 rings (SSSR count). The normalized spacial score (nSPS) is 20.4. The van der Waals surface area contributed by atoms with E-state index in [4.69, 9.17) is 0 Å². The molecule has 1 aliphatic heterocycles. The van der Waals surface area contributed by atoms with Crippen molar-refractivity contribution in [3.63, 3.8) is 0 Å². The molecule has 1 aromatic carbocycles. The van der Waals surface area contributed by atoms with Gasteiger partial charge in [-0.25, -0.2) is 12.7 Å². The Balaban J connectivity index is 2.39. The number of rotatable bonds is 2. The van der Waals surface area contributed by atoms with Crippen molar-refractivity contribution in [1.29, 1.82) is 0 Å². The van der Waals surface area contributed by atoms with E-state index >= 15 is 0 Å². The minimum atomic E-state index is -3.61.